The molecule has 0 fully saturated rings. The first-order chi connectivity index (χ1) is 12.6. The molecule has 3 aromatic rings. The van der Waals surface area contributed by atoms with E-state index in [1.807, 2.05) is 18.5 Å². The Morgan fingerprint density at radius 3 is 3.04 bits per heavy atom. The van der Waals surface area contributed by atoms with E-state index < -0.39 is 11.7 Å². The highest BCUT2D eigenvalue weighted by Gasteiger charge is 2.19. The van der Waals surface area contributed by atoms with Gasteiger partial charge in [-0.1, -0.05) is 11.3 Å². The second kappa shape index (κ2) is 6.89. The van der Waals surface area contributed by atoms with Gasteiger partial charge in [-0.25, -0.2) is 14.4 Å². The Labute approximate surface area is 156 Å². The number of carbonyl (C=O) groups is 1. The molecule has 0 bridgehead atoms. The molecule has 4 rings (SSSR count). The highest BCUT2D eigenvalue weighted by atomic mass is 32.1. The van der Waals surface area contributed by atoms with Crippen molar-refractivity contribution in [1.82, 2.24) is 19.7 Å². The van der Waals surface area contributed by atoms with E-state index in [1.54, 1.807) is 23.3 Å². The molecular weight excluding hydrogens is 375 g/mol. The van der Waals surface area contributed by atoms with Gasteiger partial charge in [0.15, 0.2) is 10.8 Å². The molecule has 1 aliphatic heterocycles. The third-order valence-electron chi connectivity index (χ3n) is 3.70. The van der Waals surface area contributed by atoms with Crippen molar-refractivity contribution < 1.29 is 9.18 Å². The predicted octanol–water partition coefficient (Wildman–Crippen LogP) is 3.65. The van der Waals surface area contributed by atoms with Gasteiger partial charge in [-0.2, -0.15) is 5.10 Å². The molecule has 26 heavy (non-hydrogen) atoms. The fraction of sp³-hybridized carbons (Fsp3) is 0.188. The number of rotatable bonds is 4. The molecule has 0 radical (unpaired) electrons. The summed E-state index contributed by atoms with van der Waals surface area (Å²) in [6, 6.07) is 1.92. The molecule has 0 atom stereocenters. The number of thiazole rings is 2. The van der Waals surface area contributed by atoms with Crippen molar-refractivity contribution in [3.8, 4) is 21.3 Å². The standard InChI is InChI=1S/C16H13FN6OS2/c1-23-11(7-10(22-23)15-19-5-6-25-15)12-8-20-16(26-12)21-14(24)13-9(17)3-2-4-18-13/h4-8H,2-3H2,1H3,(H,20,21,24). The minimum Gasteiger partial charge on any atom is -0.296 e. The van der Waals surface area contributed by atoms with Crippen LogP contribution in [0.5, 0.6) is 0 Å². The maximum Gasteiger partial charge on any atom is 0.278 e. The smallest absolute Gasteiger partial charge is 0.278 e. The Morgan fingerprint density at radius 1 is 1.38 bits per heavy atom. The van der Waals surface area contributed by atoms with Crippen LogP contribution in [0, 0.1) is 0 Å². The van der Waals surface area contributed by atoms with Crippen molar-refractivity contribution in [2.24, 2.45) is 12.0 Å². The lowest BCUT2D eigenvalue weighted by Crippen LogP contribution is -2.15. The summed E-state index contributed by atoms with van der Waals surface area (Å²) in [7, 11) is 1.83. The summed E-state index contributed by atoms with van der Waals surface area (Å²) in [6.45, 7) is 0. The molecule has 3 aromatic heterocycles. The number of aliphatic imine (C=N–C) groups is 1. The van der Waals surface area contributed by atoms with E-state index in [9.17, 15) is 9.18 Å². The maximum atomic E-state index is 13.7. The number of halogens is 1. The van der Waals surface area contributed by atoms with Gasteiger partial charge in [0.1, 0.15) is 16.5 Å². The maximum absolute atomic E-state index is 13.7. The Kier molecular flexibility index (Phi) is 4.43. The number of nitrogens with one attached hydrogen (secondary N) is 1. The molecule has 0 aliphatic carbocycles. The van der Waals surface area contributed by atoms with Gasteiger partial charge in [-0.05, 0) is 12.5 Å². The van der Waals surface area contributed by atoms with E-state index in [4.69, 9.17) is 0 Å². The quantitative estimate of drug-likeness (QED) is 0.739. The van der Waals surface area contributed by atoms with E-state index in [2.05, 4.69) is 25.4 Å². The lowest BCUT2D eigenvalue weighted by molar-refractivity contribution is -0.113. The molecule has 4 heterocycles. The molecule has 10 heteroatoms. The van der Waals surface area contributed by atoms with Gasteiger partial charge in [-0.15, -0.1) is 11.3 Å². The van der Waals surface area contributed by atoms with E-state index in [-0.39, 0.29) is 12.1 Å². The van der Waals surface area contributed by atoms with Crippen molar-refractivity contribution in [3.63, 3.8) is 0 Å². The summed E-state index contributed by atoms with van der Waals surface area (Å²) in [4.78, 5) is 25.3. The highest BCUT2D eigenvalue weighted by Crippen LogP contribution is 2.32. The SMILES string of the molecule is Cn1nc(-c2nccs2)cc1-c1cnc(NC(=O)C2=C(F)CCC=N2)s1. The van der Waals surface area contributed by atoms with E-state index in [0.29, 0.717) is 11.6 Å². The highest BCUT2D eigenvalue weighted by molar-refractivity contribution is 7.19. The minimum atomic E-state index is -0.590. The Balaban J connectivity index is 1.55. The van der Waals surface area contributed by atoms with Crippen LogP contribution in [-0.4, -0.2) is 31.9 Å². The van der Waals surface area contributed by atoms with Crippen LogP contribution in [0.25, 0.3) is 21.3 Å². The van der Waals surface area contributed by atoms with Crippen LogP contribution in [0.15, 0.2) is 40.4 Å². The second-order valence-electron chi connectivity index (χ2n) is 5.46. The zero-order valence-electron chi connectivity index (χ0n) is 13.6. The Morgan fingerprint density at radius 2 is 2.27 bits per heavy atom. The number of nitrogens with zero attached hydrogens (tertiary/aromatic N) is 5. The third kappa shape index (κ3) is 3.20. The van der Waals surface area contributed by atoms with Crippen molar-refractivity contribution in [1.29, 1.82) is 0 Å². The normalized spacial score (nSPS) is 14.1. The number of aryl methyl sites for hydroxylation is 1. The molecule has 0 unspecified atom stereocenters. The lowest BCUT2D eigenvalue weighted by Gasteiger charge is -2.07. The molecule has 132 valence electrons. The summed E-state index contributed by atoms with van der Waals surface area (Å²) in [5, 5.41) is 10.2. The average molecular weight is 388 g/mol. The summed E-state index contributed by atoms with van der Waals surface area (Å²) >= 11 is 2.80. The van der Waals surface area contributed by atoms with Gasteiger partial charge in [-0.3, -0.25) is 19.8 Å². The first kappa shape index (κ1) is 16.7. The van der Waals surface area contributed by atoms with Crippen molar-refractivity contribution in [3.05, 3.63) is 35.4 Å². The van der Waals surface area contributed by atoms with Gasteiger partial charge in [0, 0.05) is 37.5 Å². The molecular formula is C16H13FN6OS2. The number of amides is 1. The number of hydrogen-bond acceptors (Lipinski definition) is 7. The van der Waals surface area contributed by atoms with Crippen LogP contribution < -0.4 is 5.32 Å². The van der Waals surface area contributed by atoms with E-state index >= 15 is 0 Å². The molecule has 0 saturated heterocycles. The number of hydrogen-bond donors (Lipinski definition) is 1. The molecule has 0 spiro atoms. The predicted molar refractivity (Wildman–Crippen MR) is 99.9 cm³/mol. The molecule has 1 aliphatic rings. The fourth-order valence-corrected chi connectivity index (χ4v) is 3.93. The summed E-state index contributed by atoms with van der Waals surface area (Å²) in [5.41, 5.74) is 1.45. The van der Waals surface area contributed by atoms with Gasteiger partial charge in [0.2, 0.25) is 0 Å². The Bertz CT molecular complexity index is 1020. The molecule has 7 nitrogen and oxygen atoms in total. The average Bonchev–Trinajstić information content (AvgIpc) is 3.35. The van der Waals surface area contributed by atoms with Gasteiger partial charge >= 0.3 is 0 Å². The van der Waals surface area contributed by atoms with Crippen molar-refractivity contribution in [2.45, 2.75) is 12.8 Å². The largest absolute Gasteiger partial charge is 0.296 e. The van der Waals surface area contributed by atoms with Gasteiger partial charge in [0.25, 0.3) is 5.91 Å². The van der Waals surface area contributed by atoms with Crippen LogP contribution in [0.1, 0.15) is 12.8 Å². The van der Waals surface area contributed by atoms with E-state index in [1.165, 1.54) is 22.7 Å². The third-order valence-corrected chi connectivity index (χ3v) is 5.43. The first-order valence-electron chi connectivity index (χ1n) is 7.74. The molecule has 1 amide bonds. The van der Waals surface area contributed by atoms with Crippen LogP contribution in [0.3, 0.4) is 0 Å². The molecule has 0 saturated carbocycles. The second-order valence-corrected chi connectivity index (χ2v) is 7.39. The lowest BCUT2D eigenvalue weighted by atomic mass is 10.2. The van der Waals surface area contributed by atoms with Crippen LogP contribution in [0.2, 0.25) is 0 Å². The topological polar surface area (TPSA) is 85.1 Å². The first-order valence-corrected chi connectivity index (χ1v) is 9.44. The zero-order valence-corrected chi connectivity index (χ0v) is 15.3. The monoisotopic (exact) mass is 388 g/mol. The number of carbonyl (C=O) groups excluding carboxylic acids is 1. The fourth-order valence-electron chi connectivity index (χ4n) is 2.48. The minimum absolute atomic E-state index is 0.181. The summed E-state index contributed by atoms with van der Waals surface area (Å²) in [6.07, 6.45) is 5.63. The van der Waals surface area contributed by atoms with Gasteiger partial charge in [0.05, 0.1) is 10.6 Å². The van der Waals surface area contributed by atoms with Crippen LogP contribution in [0.4, 0.5) is 9.52 Å². The number of aromatic nitrogens is 4. The van der Waals surface area contributed by atoms with Crippen LogP contribution >= 0.6 is 22.7 Å². The van der Waals surface area contributed by atoms with Crippen LogP contribution in [-0.2, 0) is 11.8 Å². The molecule has 1 N–H and O–H groups in total. The number of allylic oxidation sites excluding steroid dienone is 1. The van der Waals surface area contributed by atoms with Crippen molar-refractivity contribution >= 4 is 39.9 Å². The van der Waals surface area contributed by atoms with E-state index in [0.717, 1.165) is 21.3 Å². The Hall–Kier alpha value is -2.72. The van der Waals surface area contributed by atoms with Crippen molar-refractivity contribution in [2.75, 3.05) is 5.32 Å². The summed E-state index contributed by atoms with van der Waals surface area (Å²) in [5.74, 6) is -1.09. The zero-order chi connectivity index (χ0) is 18.1. The number of anilines is 1. The summed E-state index contributed by atoms with van der Waals surface area (Å²) < 4.78 is 15.5. The van der Waals surface area contributed by atoms with Gasteiger partial charge < -0.3 is 0 Å². The molecule has 0 aromatic carbocycles.